The predicted molar refractivity (Wildman–Crippen MR) is 136 cm³/mol. The largest absolute Gasteiger partial charge is 0.484 e. The van der Waals surface area contributed by atoms with Gasteiger partial charge >= 0.3 is 0 Å². The van der Waals surface area contributed by atoms with Crippen molar-refractivity contribution < 1.29 is 17.4 Å². The summed E-state index contributed by atoms with van der Waals surface area (Å²) in [5.74, 6) is 0.173. The first-order valence-electron chi connectivity index (χ1n) is 10.6. The SMILES string of the molecule is Cc1cnc(C(=O)NC2=C3CC(NC(=O)COc4ccc(C)c(P)c4)(C3)C(OI)C2)c(C)n1. The molecule has 33 heavy (non-hydrogen) atoms. The van der Waals surface area contributed by atoms with E-state index in [1.807, 2.05) is 55.1 Å². The molecule has 1 aromatic heterocycles. The number of aromatic nitrogens is 2. The first kappa shape index (κ1) is 24.0. The molecule has 174 valence electrons. The quantitative estimate of drug-likeness (QED) is 0.386. The molecule has 0 spiro atoms. The maximum Gasteiger partial charge on any atom is 0.275 e. The number of aryl methyl sites for hydroxylation is 3. The second-order valence-corrected chi connectivity index (χ2v) is 9.76. The standard InChI is InChI=1S/C23H26IN4O4P/c1-12-4-5-16(6-18(12)33)31-11-20(29)28-23-8-15(9-23)17(7-19(23)32-24)27-22(30)21-14(3)26-13(2)10-25-21/h4-6,10,19H,7-9,11,33H2,1-3H3,(H,27,30)(H,28,29). The second kappa shape index (κ2) is 9.64. The summed E-state index contributed by atoms with van der Waals surface area (Å²) in [6.07, 6.45) is 3.07. The molecule has 1 heterocycles. The Morgan fingerprint density at radius 2 is 2.03 bits per heavy atom. The number of fused-ring (bicyclic) bond motifs is 2. The van der Waals surface area contributed by atoms with Crippen LogP contribution in [-0.4, -0.2) is 40.0 Å². The fraction of sp³-hybridized carbons (Fsp3) is 0.391. The lowest BCUT2D eigenvalue weighted by Crippen LogP contribution is -2.65. The van der Waals surface area contributed by atoms with Crippen molar-refractivity contribution in [2.45, 2.75) is 51.7 Å². The van der Waals surface area contributed by atoms with E-state index in [1.165, 1.54) is 0 Å². The summed E-state index contributed by atoms with van der Waals surface area (Å²) in [6, 6.07) is 5.70. The Bertz CT molecular complexity index is 1150. The van der Waals surface area contributed by atoms with E-state index in [0.29, 0.717) is 36.4 Å². The van der Waals surface area contributed by atoms with E-state index in [1.54, 1.807) is 13.1 Å². The van der Waals surface area contributed by atoms with Crippen molar-refractivity contribution in [3.05, 3.63) is 58.3 Å². The van der Waals surface area contributed by atoms with Crippen molar-refractivity contribution in [1.29, 1.82) is 0 Å². The van der Waals surface area contributed by atoms with E-state index >= 15 is 0 Å². The summed E-state index contributed by atoms with van der Waals surface area (Å²) in [5, 5.41) is 7.14. The predicted octanol–water partition coefficient (Wildman–Crippen LogP) is 2.75. The summed E-state index contributed by atoms with van der Waals surface area (Å²) in [6.45, 7) is 5.55. The number of amides is 2. The monoisotopic (exact) mass is 580 g/mol. The van der Waals surface area contributed by atoms with Crippen LogP contribution in [0.5, 0.6) is 5.75 Å². The van der Waals surface area contributed by atoms with Crippen LogP contribution in [0, 0.1) is 20.8 Å². The minimum Gasteiger partial charge on any atom is -0.484 e. The molecule has 3 aliphatic carbocycles. The van der Waals surface area contributed by atoms with Crippen LogP contribution in [-0.2, 0) is 7.86 Å². The summed E-state index contributed by atoms with van der Waals surface area (Å²) < 4.78 is 11.4. The Kier molecular flexibility index (Phi) is 7.02. The highest BCUT2D eigenvalue weighted by Gasteiger charge is 2.54. The lowest BCUT2D eigenvalue weighted by molar-refractivity contribution is -0.127. The van der Waals surface area contributed by atoms with Crippen LogP contribution < -0.4 is 20.7 Å². The van der Waals surface area contributed by atoms with Gasteiger partial charge in [-0.05, 0) is 62.2 Å². The molecule has 0 saturated heterocycles. The van der Waals surface area contributed by atoms with Gasteiger partial charge in [0.2, 0.25) is 0 Å². The molecule has 2 amide bonds. The average Bonchev–Trinajstić information content (AvgIpc) is 2.74. The van der Waals surface area contributed by atoms with E-state index in [9.17, 15) is 9.59 Å². The van der Waals surface area contributed by atoms with Gasteiger partial charge in [-0.2, -0.15) is 0 Å². The average molecular weight is 580 g/mol. The molecule has 5 rings (SSSR count). The summed E-state index contributed by atoms with van der Waals surface area (Å²) in [7, 11) is 2.66. The highest BCUT2D eigenvalue weighted by molar-refractivity contribution is 14.1. The first-order valence-corrected chi connectivity index (χ1v) is 12.1. The molecule has 2 unspecified atom stereocenters. The molecule has 2 bridgehead atoms. The summed E-state index contributed by atoms with van der Waals surface area (Å²) in [4.78, 5) is 33.9. The molecule has 1 fully saturated rings. The van der Waals surface area contributed by atoms with Gasteiger partial charge in [-0.1, -0.05) is 6.07 Å². The molecule has 0 aliphatic heterocycles. The Balaban J connectivity index is 1.38. The molecular weight excluding hydrogens is 554 g/mol. The van der Waals surface area contributed by atoms with Crippen LogP contribution in [0.3, 0.4) is 0 Å². The Morgan fingerprint density at radius 3 is 2.70 bits per heavy atom. The molecule has 2 N–H and O–H groups in total. The van der Waals surface area contributed by atoms with Crippen LogP contribution in [0.15, 0.2) is 35.7 Å². The van der Waals surface area contributed by atoms with Gasteiger partial charge in [0.05, 0.1) is 23.0 Å². The van der Waals surface area contributed by atoms with Gasteiger partial charge in [0.25, 0.3) is 11.8 Å². The summed E-state index contributed by atoms with van der Waals surface area (Å²) >= 11 is 1.86. The number of nitrogens with one attached hydrogen (secondary N) is 2. The number of carbonyl (C=O) groups is 2. The number of nitrogens with zero attached hydrogens (tertiary/aromatic N) is 2. The molecule has 0 radical (unpaired) electrons. The molecule has 1 aromatic carbocycles. The van der Waals surface area contributed by atoms with Gasteiger partial charge in [0, 0.05) is 18.3 Å². The van der Waals surface area contributed by atoms with Gasteiger partial charge in [0.15, 0.2) is 6.61 Å². The van der Waals surface area contributed by atoms with Crippen molar-refractivity contribution in [3.63, 3.8) is 0 Å². The van der Waals surface area contributed by atoms with Crippen molar-refractivity contribution >= 4 is 49.4 Å². The van der Waals surface area contributed by atoms with Crippen LogP contribution in [0.2, 0.25) is 0 Å². The maximum absolute atomic E-state index is 12.7. The van der Waals surface area contributed by atoms with E-state index in [2.05, 4.69) is 29.8 Å². The van der Waals surface area contributed by atoms with Crippen LogP contribution in [0.1, 0.15) is 46.7 Å². The van der Waals surface area contributed by atoms with Gasteiger partial charge in [-0.3, -0.25) is 14.6 Å². The summed E-state index contributed by atoms with van der Waals surface area (Å²) in [5.41, 5.74) is 4.27. The highest BCUT2D eigenvalue weighted by atomic mass is 127. The lowest BCUT2D eigenvalue weighted by atomic mass is 9.62. The minimum atomic E-state index is -0.482. The van der Waals surface area contributed by atoms with Crippen LogP contribution in [0.4, 0.5) is 0 Å². The van der Waals surface area contributed by atoms with E-state index in [0.717, 1.165) is 27.8 Å². The van der Waals surface area contributed by atoms with Crippen LogP contribution >= 0.6 is 32.2 Å². The zero-order chi connectivity index (χ0) is 23.8. The molecule has 8 nitrogen and oxygen atoms in total. The third-order valence-corrected chi connectivity index (χ3v) is 7.39. The number of hydrogen-bond acceptors (Lipinski definition) is 6. The van der Waals surface area contributed by atoms with Gasteiger partial charge < -0.3 is 18.4 Å². The fourth-order valence-corrected chi connectivity index (χ4v) is 5.22. The zero-order valence-corrected chi connectivity index (χ0v) is 22.0. The number of hydrogen-bond donors (Lipinski definition) is 2. The van der Waals surface area contributed by atoms with Gasteiger partial charge in [0.1, 0.15) is 34.4 Å². The molecule has 2 aromatic rings. The number of rotatable bonds is 7. The highest BCUT2D eigenvalue weighted by Crippen LogP contribution is 2.49. The Morgan fingerprint density at radius 1 is 1.27 bits per heavy atom. The number of halogens is 1. The topological polar surface area (TPSA) is 102 Å². The molecule has 2 atom stereocenters. The maximum atomic E-state index is 12.7. The van der Waals surface area contributed by atoms with Crippen molar-refractivity contribution in [1.82, 2.24) is 20.6 Å². The van der Waals surface area contributed by atoms with Gasteiger partial charge in [-0.15, -0.1) is 9.24 Å². The smallest absolute Gasteiger partial charge is 0.275 e. The molecule has 3 aliphatic rings. The molecule has 10 heteroatoms. The minimum absolute atomic E-state index is 0.0725. The lowest BCUT2D eigenvalue weighted by Gasteiger charge is -2.53. The van der Waals surface area contributed by atoms with Gasteiger partial charge in [-0.25, -0.2) is 4.98 Å². The number of benzene rings is 1. The molecular formula is C23H26IN4O4P. The fourth-order valence-electron chi connectivity index (χ4n) is 4.29. The van der Waals surface area contributed by atoms with E-state index in [-0.39, 0.29) is 24.5 Å². The Hall–Kier alpha value is -2.10. The third kappa shape index (κ3) is 5.05. The van der Waals surface area contributed by atoms with Crippen molar-refractivity contribution in [3.8, 4) is 5.75 Å². The Labute approximate surface area is 209 Å². The van der Waals surface area contributed by atoms with Crippen molar-refractivity contribution in [2.75, 3.05) is 6.61 Å². The number of ether oxygens (including phenoxy) is 1. The van der Waals surface area contributed by atoms with E-state index in [4.69, 9.17) is 7.80 Å². The third-order valence-electron chi connectivity index (χ3n) is 6.15. The van der Waals surface area contributed by atoms with Crippen LogP contribution in [0.25, 0.3) is 0 Å². The number of carbonyl (C=O) groups excluding carboxylic acids is 2. The van der Waals surface area contributed by atoms with Crippen molar-refractivity contribution in [2.24, 2.45) is 0 Å². The second-order valence-electron chi connectivity index (χ2n) is 8.63. The normalized spacial score (nSPS) is 21.3. The molecule has 1 saturated carbocycles. The zero-order valence-electron chi connectivity index (χ0n) is 18.7. The first-order chi connectivity index (χ1) is 15.7. The van der Waals surface area contributed by atoms with E-state index < -0.39 is 5.54 Å².